The van der Waals surface area contributed by atoms with Crippen LogP contribution in [0, 0.1) is 0 Å². The molecule has 0 spiro atoms. The van der Waals surface area contributed by atoms with Gasteiger partial charge in [-0.25, -0.2) is 8.42 Å². The monoisotopic (exact) mass is 412 g/mol. The Balaban J connectivity index is 1.73. The molecule has 0 saturated carbocycles. The molecule has 0 fully saturated rings. The molecule has 8 nitrogen and oxygen atoms in total. The van der Waals surface area contributed by atoms with Crippen LogP contribution in [-0.2, 0) is 14.8 Å². The number of halogens is 1. The van der Waals surface area contributed by atoms with Crippen LogP contribution in [0.2, 0.25) is 5.02 Å². The highest BCUT2D eigenvalue weighted by atomic mass is 35.5. The highest BCUT2D eigenvalue weighted by Crippen LogP contribution is 2.34. The fraction of sp³-hybridized carbons (Fsp3) is 0.235. The van der Waals surface area contributed by atoms with Crippen molar-refractivity contribution in [1.29, 1.82) is 0 Å². The van der Waals surface area contributed by atoms with Crippen molar-refractivity contribution >= 4 is 33.2 Å². The number of nitrogens with one attached hydrogen (secondary N) is 2. The number of methoxy groups -OCH3 is 1. The Kier molecular flexibility index (Phi) is 5.45. The largest absolute Gasteiger partial charge is 0.495 e. The predicted molar refractivity (Wildman–Crippen MR) is 99.0 cm³/mol. The number of sulfonamides is 1. The van der Waals surface area contributed by atoms with Gasteiger partial charge in [-0.1, -0.05) is 11.6 Å². The Morgan fingerprint density at radius 2 is 1.93 bits per heavy atom. The van der Waals surface area contributed by atoms with Gasteiger partial charge in [0.1, 0.15) is 10.6 Å². The molecule has 2 aromatic rings. The van der Waals surface area contributed by atoms with Gasteiger partial charge >= 0.3 is 0 Å². The maximum absolute atomic E-state index is 12.6. The summed E-state index contributed by atoms with van der Waals surface area (Å²) in [7, 11) is -2.69. The van der Waals surface area contributed by atoms with Crippen LogP contribution in [-0.4, -0.2) is 34.3 Å². The third-order valence-electron chi connectivity index (χ3n) is 3.78. The number of rotatable bonds is 6. The highest BCUT2D eigenvalue weighted by molar-refractivity contribution is 7.89. The molecule has 1 aliphatic heterocycles. The van der Waals surface area contributed by atoms with E-state index in [4.69, 9.17) is 25.8 Å². The number of hydrogen-bond acceptors (Lipinski definition) is 6. The smallest absolute Gasteiger partial charge is 0.245 e. The number of carbonyl (C=O) groups is 1. The minimum atomic E-state index is -4.04. The molecule has 1 unspecified atom stereocenters. The van der Waals surface area contributed by atoms with E-state index in [1.165, 1.54) is 32.2 Å². The average molecular weight is 413 g/mol. The first-order chi connectivity index (χ1) is 12.8. The predicted octanol–water partition coefficient (Wildman–Crippen LogP) is 2.38. The van der Waals surface area contributed by atoms with Gasteiger partial charge in [-0.3, -0.25) is 4.79 Å². The van der Waals surface area contributed by atoms with Gasteiger partial charge in [0.05, 0.1) is 13.2 Å². The number of anilines is 1. The van der Waals surface area contributed by atoms with E-state index in [1.807, 2.05) is 0 Å². The normalized spacial score (nSPS) is 13.9. The summed E-state index contributed by atoms with van der Waals surface area (Å²) in [5.74, 6) is 0.660. The molecular weight excluding hydrogens is 396 g/mol. The van der Waals surface area contributed by atoms with Crippen molar-refractivity contribution in [3.8, 4) is 17.2 Å². The summed E-state index contributed by atoms with van der Waals surface area (Å²) in [4.78, 5) is 12.2. The second-order valence-electron chi connectivity index (χ2n) is 5.70. The first kappa shape index (κ1) is 19.3. The number of benzene rings is 2. The van der Waals surface area contributed by atoms with Gasteiger partial charge in [-0.2, -0.15) is 4.72 Å². The van der Waals surface area contributed by atoms with Crippen LogP contribution in [0.25, 0.3) is 0 Å². The molecule has 1 amide bonds. The van der Waals surface area contributed by atoms with Crippen LogP contribution in [0.5, 0.6) is 17.2 Å². The minimum absolute atomic E-state index is 0.115. The molecule has 2 N–H and O–H groups in total. The Hall–Kier alpha value is -2.49. The van der Waals surface area contributed by atoms with Crippen molar-refractivity contribution in [2.24, 2.45) is 0 Å². The van der Waals surface area contributed by atoms with Crippen molar-refractivity contribution in [3.05, 3.63) is 41.4 Å². The van der Waals surface area contributed by atoms with Crippen LogP contribution in [0.1, 0.15) is 6.92 Å². The van der Waals surface area contributed by atoms with Gasteiger partial charge in [-0.15, -0.1) is 0 Å². The Labute approximate surface area is 161 Å². The summed E-state index contributed by atoms with van der Waals surface area (Å²) in [5.41, 5.74) is 0.454. The number of fused-ring (bicyclic) bond motifs is 1. The molecule has 0 aliphatic carbocycles. The maximum Gasteiger partial charge on any atom is 0.245 e. The summed E-state index contributed by atoms with van der Waals surface area (Å²) in [6, 6.07) is 8.04. The Bertz CT molecular complexity index is 979. The van der Waals surface area contributed by atoms with Gasteiger partial charge in [0.2, 0.25) is 22.7 Å². The molecule has 1 atom stereocenters. The molecule has 0 radical (unpaired) electrons. The van der Waals surface area contributed by atoms with Crippen molar-refractivity contribution in [3.63, 3.8) is 0 Å². The van der Waals surface area contributed by atoms with Gasteiger partial charge < -0.3 is 19.5 Å². The maximum atomic E-state index is 12.6. The molecule has 2 aromatic carbocycles. The lowest BCUT2D eigenvalue weighted by Crippen LogP contribution is -2.41. The van der Waals surface area contributed by atoms with Crippen LogP contribution >= 0.6 is 11.6 Å². The first-order valence-corrected chi connectivity index (χ1v) is 9.72. The fourth-order valence-electron chi connectivity index (χ4n) is 2.44. The number of carbonyl (C=O) groups excluding carboxylic acids is 1. The molecule has 1 aliphatic rings. The van der Waals surface area contributed by atoms with E-state index in [1.54, 1.807) is 18.2 Å². The summed E-state index contributed by atoms with van der Waals surface area (Å²) < 4.78 is 43.1. The Morgan fingerprint density at radius 3 is 2.67 bits per heavy atom. The van der Waals surface area contributed by atoms with E-state index in [0.29, 0.717) is 17.2 Å². The number of hydrogen-bond donors (Lipinski definition) is 2. The van der Waals surface area contributed by atoms with E-state index in [9.17, 15) is 13.2 Å². The fourth-order valence-corrected chi connectivity index (χ4v) is 4.07. The second-order valence-corrected chi connectivity index (χ2v) is 7.81. The molecule has 0 saturated heterocycles. The van der Waals surface area contributed by atoms with Crippen LogP contribution < -0.4 is 24.2 Å². The van der Waals surface area contributed by atoms with E-state index in [0.717, 1.165) is 0 Å². The zero-order valence-electron chi connectivity index (χ0n) is 14.5. The van der Waals surface area contributed by atoms with E-state index >= 15 is 0 Å². The van der Waals surface area contributed by atoms with Crippen molar-refractivity contribution in [2.75, 3.05) is 19.2 Å². The van der Waals surface area contributed by atoms with E-state index in [-0.39, 0.29) is 22.5 Å². The molecule has 0 aromatic heterocycles. The van der Waals surface area contributed by atoms with Gasteiger partial charge in [0.15, 0.2) is 11.5 Å². The third-order valence-corrected chi connectivity index (χ3v) is 5.58. The molecule has 0 bridgehead atoms. The van der Waals surface area contributed by atoms with Crippen molar-refractivity contribution in [2.45, 2.75) is 17.9 Å². The number of ether oxygens (including phenoxy) is 3. The van der Waals surface area contributed by atoms with Crippen LogP contribution in [0.4, 0.5) is 5.69 Å². The summed E-state index contributed by atoms with van der Waals surface area (Å²) >= 11 is 5.88. The SMILES string of the molecule is COc1ccc(Cl)cc1S(=O)(=O)NC(C)C(=O)Nc1ccc2c(c1)OCO2. The van der Waals surface area contributed by atoms with Crippen LogP contribution in [0.15, 0.2) is 41.3 Å². The zero-order chi connectivity index (χ0) is 19.6. The van der Waals surface area contributed by atoms with Gasteiger partial charge in [0.25, 0.3) is 0 Å². The standard InChI is InChI=1S/C17H17ClN2O6S/c1-10(17(21)19-12-4-6-13-15(8-12)26-9-25-13)20-27(22,23)16-7-11(18)3-5-14(16)24-2/h3-8,10,20H,9H2,1-2H3,(H,19,21). The lowest BCUT2D eigenvalue weighted by Gasteiger charge is -2.16. The zero-order valence-corrected chi connectivity index (χ0v) is 16.1. The quantitative estimate of drug-likeness (QED) is 0.755. The molecule has 144 valence electrons. The number of amides is 1. The molecular formula is C17H17ClN2O6S. The first-order valence-electron chi connectivity index (χ1n) is 7.86. The topological polar surface area (TPSA) is 103 Å². The summed E-state index contributed by atoms with van der Waals surface area (Å²) in [6.07, 6.45) is 0. The third kappa shape index (κ3) is 4.26. The molecule has 10 heteroatoms. The van der Waals surface area contributed by atoms with E-state index in [2.05, 4.69) is 10.0 Å². The van der Waals surface area contributed by atoms with Crippen LogP contribution in [0.3, 0.4) is 0 Å². The average Bonchev–Trinajstić information content (AvgIpc) is 3.09. The highest BCUT2D eigenvalue weighted by Gasteiger charge is 2.26. The second kappa shape index (κ2) is 7.63. The molecule has 1 heterocycles. The van der Waals surface area contributed by atoms with Crippen molar-refractivity contribution < 1.29 is 27.4 Å². The minimum Gasteiger partial charge on any atom is -0.495 e. The van der Waals surface area contributed by atoms with Crippen molar-refractivity contribution in [1.82, 2.24) is 4.72 Å². The van der Waals surface area contributed by atoms with Gasteiger partial charge in [-0.05, 0) is 37.3 Å². The molecule has 3 rings (SSSR count). The van der Waals surface area contributed by atoms with E-state index < -0.39 is 22.0 Å². The van der Waals surface area contributed by atoms with Gasteiger partial charge in [0, 0.05) is 16.8 Å². The summed E-state index contributed by atoms with van der Waals surface area (Å²) in [5, 5.41) is 2.86. The summed E-state index contributed by atoms with van der Waals surface area (Å²) in [6.45, 7) is 1.54. The Morgan fingerprint density at radius 1 is 1.19 bits per heavy atom. The lowest BCUT2D eigenvalue weighted by molar-refractivity contribution is -0.117. The molecule has 27 heavy (non-hydrogen) atoms. The lowest BCUT2D eigenvalue weighted by atomic mass is 10.2.